The molecule has 2 heterocycles. The first-order valence-corrected chi connectivity index (χ1v) is 5.66. The lowest BCUT2D eigenvalue weighted by atomic mass is 10.2. The lowest BCUT2D eigenvalue weighted by molar-refractivity contribution is 0.206. The average molecular weight is 224 g/mol. The van der Waals surface area contributed by atoms with Gasteiger partial charge in [0.1, 0.15) is 16.9 Å². The van der Waals surface area contributed by atoms with E-state index in [1.807, 2.05) is 12.3 Å². The van der Waals surface area contributed by atoms with Crippen LogP contribution < -0.4 is 5.73 Å². The van der Waals surface area contributed by atoms with Gasteiger partial charge in [-0.15, -0.1) is 11.3 Å². The number of hydrogen-bond donors (Lipinski definition) is 1. The van der Waals surface area contributed by atoms with Gasteiger partial charge in [0.05, 0.1) is 0 Å². The molecule has 0 fully saturated rings. The Morgan fingerprint density at radius 1 is 1.67 bits per heavy atom. The zero-order chi connectivity index (χ0) is 10.8. The van der Waals surface area contributed by atoms with Crippen LogP contribution in [0.2, 0.25) is 0 Å². The normalized spacial score (nSPS) is 20.9. The molecule has 80 valence electrons. The molecule has 1 aliphatic rings. The molecule has 2 N–H and O–H groups in total. The maximum atomic E-state index is 11.5. The summed E-state index contributed by atoms with van der Waals surface area (Å²) in [4.78, 5) is 21.1. The predicted molar refractivity (Wildman–Crippen MR) is 58.9 cm³/mol. The van der Waals surface area contributed by atoms with Gasteiger partial charge in [0.2, 0.25) is 0 Å². The number of aromatic nitrogens is 1. The topological polar surface area (TPSA) is 71.6 Å². The number of carbonyl (C=O) groups excluding carboxylic acids is 1. The Bertz CT molecular complexity index is 387. The van der Waals surface area contributed by atoms with Crippen molar-refractivity contribution in [3.63, 3.8) is 0 Å². The van der Waals surface area contributed by atoms with E-state index >= 15 is 0 Å². The smallest absolute Gasteiger partial charge is 0.346 e. The van der Waals surface area contributed by atoms with Crippen LogP contribution >= 0.6 is 11.3 Å². The van der Waals surface area contributed by atoms with E-state index in [9.17, 15) is 4.79 Å². The van der Waals surface area contributed by atoms with Crippen molar-refractivity contribution < 1.29 is 4.79 Å². The maximum Gasteiger partial charge on any atom is 0.346 e. The summed E-state index contributed by atoms with van der Waals surface area (Å²) in [6.45, 7) is 2.67. The first-order chi connectivity index (χ1) is 7.24. The number of amides is 2. The molecule has 1 unspecified atom stereocenters. The summed E-state index contributed by atoms with van der Waals surface area (Å²) in [5, 5.41) is 2.70. The van der Waals surface area contributed by atoms with Crippen LogP contribution in [0.25, 0.3) is 0 Å². The Morgan fingerprint density at radius 3 is 3.07 bits per heavy atom. The molecule has 2 rings (SSSR count). The van der Waals surface area contributed by atoms with E-state index in [-0.39, 0.29) is 12.1 Å². The van der Waals surface area contributed by atoms with Gasteiger partial charge < -0.3 is 10.6 Å². The lowest BCUT2D eigenvalue weighted by Gasteiger charge is -2.21. The van der Waals surface area contributed by atoms with Crippen molar-refractivity contribution in [2.24, 2.45) is 10.7 Å². The third-order valence-corrected chi connectivity index (χ3v) is 3.04. The number of thiazole rings is 1. The molecule has 2 amide bonds. The summed E-state index contributed by atoms with van der Waals surface area (Å²) >= 11 is 1.49. The zero-order valence-electron chi connectivity index (χ0n) is 8.38. The number of aliphatic imine (C=N–C) groups is 1. The van der Waals surface area contributed by atoms with Crippen molar-refractivity contribution in [3.8, 4) is 0 Å². The minimum Gasteiger partial charge on any atom is -0.385 e. The summed E-state index contributed by atoms with van der Waals surface area (Å²) < 4.78 is 0. The molecule has 0 spiro atoms. The summed E-state index contributed by atoms with van der Waals surface area (Å²) in [6, 6.07) is -0.507. The van der Waals surface area contributed by atoms with Gasteiger partial charge >= 0.3 is 6.03 Å². The zero-order valence-corrected chi connectivity index (χ0v) is 9.20. The monoisotopic (exact) mass is 224 g/mol. The van der Waals surface area contributed by atoms with Gasteiger partial charge in [-0.1, -0.05) is 6.92 Å². The maximum absolute atomic E-state index is 11.5. The highest BCUT2D eigenvalue weighted by Gasteiger charge is 2.35. The van der Waals surface area contributed by atoms with Crippen molar-refractivity contribution in [2.45, 2.75) is 19.4 Å². The Morgan fingerprint density at radius 2 is 2.47 bits per heavy atom. The van der Waals surface area contributed by atoms with Crippen LogP contribution in [0.5, 0.6) is 0 Å². The quantitative estimate of drug-likeness (QED) is 0.843. The highest BCUT2D eigenvalue weighted by atomic mass is 32.1. The Hall–Kier alpha value is -1.43. The molecule has 15 heavy (non-hydrogen) atoms. The molecule has 1 aromatic rings. The van der Waals surface area contributed by atoms with E-state index in [2.05, 4.69) is 9.98 Å². The summed E-state index contributed by atoms with van der Waals surface area (Å²) in [7, 11) is 0. The fourth-order valence-corrected chi connectivity index (χ4v) is 2.36. The average Bonchev–Trinajstić information content (AvgIpc) is 2.77. The lowest BCUT2D eigenvalue weighted by Crippen LogP contribution is -2.33. The fourth-order valence-electron chi connectivity index (χ4n) is 1.60. The second-order valence-electron chi connectivity index (χ2n) is 3.29. The number of amidine groups is 1. The van der Waals surface area contributed by atoms with E-state index in [1.54, 1.807) is 11.1 Å². The minimum absolute atomic E-state index is 0.252. The van der Waals surface area contributed by atoms with Crippen LogP contribution in [0.4, 0.5) is 4.79 Å². The van der Waals surface area contributed by atoms with Crippen molar-refractivity contribution >= 4 is 23.2 Å². The number of nitrogens with two attached hydrogens (primary N) is 1. The second kappa shape index (κ2) is 3.98. The molecule has 0 aliphatic carbocycles. The standard InChI is InChI=1S/C9H12N4OS/c1-2-4-13-6(7(10)12-9(13)14)8-11-3-5-15-8/h3,5-6H,2,4H2,1H3,(H2,10,12,14). The van der Waals surface area contributed by atoms with Crippen LogP contribution in [0.1, 0.15) is 24.4 Å². The summed E-state index contributed by atoms with van der Waals surface area (Å²) in [5.74, 6) is 0.350. The Labute approximate surface area is 91.6 Å². The number of urea groups is 1. The van der Waals surface area contributed by atoms with E-state index in [4.69, 9.17) is 5.73 Å². The van der Waals surface area contributed by atoms with Gasteiger partial charge in [-0.25, -0.2) is 9.78 Å². The first kappa shape index (κ1) is 10.1. The Kier molecular flexibility index (Phi) is 2.68. The molecule has 0 bridgehead atoms. The molecule has 0 saturated heterocycles. The van der Waals surface area contributed by atoms with Gasteiger partial charge in [0.25, 0.3) is 0 Å². The molecule has 0 aromatic carbocycles. The van der Waals surface area contributed by atoms with Crippen LogP contribution in [-0.2, 0) is 0 Å². The third-order valence-electron chi connectivity index (χ3n) is 2.21. The largest absolute Gasteiger partial charge is 0.385 e. The molecule has 1 atom stereocenters. The van der Waals surface area contributed by atoms with Crippen LogP contribution in [0.15, 0.2) is 16.6 Å². The van der Waals surface area contributed by atoms with Crippen molar-refractivity contribution in [2.75, 3.05) is 6.54 Å². The molecule has 1 aromatic heterocycles. The van der Waals surface area contributed by atoms with Gasteiger partial charge in [-0.05, 0) is 6.42 Å². The van der Waals surface area contributed by atoms with E-state index in [1.165, 1.54) is 11.3 Å². The molecular formula is C9H12N4OS. The van der Waals surface area contributed by atoms with Crippen molar-refractivity contribution in [1.29, 1.82) is 0 Å². The second-order valence-corrected chi connectivity index (χ2v) is 4.21. The molecule has 1 aliphatic heterocycles. The van der Waals surface area contributed by atoms with Crippen LogP contribution in [0, 0.1) is 0 Å². The van der Waals surface area contributed by atoms with Crippen LogP contribution in [-0.4, -0.2) is 28.3 Å². The van der Waals surface area contributed by atoms with Crippen LogP contribution in [0.3, 0.4) is 0 Å². The van der Waals surface area contributed by atoms with E-state index in [0.717, 1.165) is 11.4 Å². The molecule has 6 heteroatoms. The highest BCUT2D eigenvalue weighted by molar-refractivity contribution is 7.09. The Balaban J connectivity index is 2.28. The first-order valence-electron chi connectivity index (χ1n) is 4.78. The third kappa shape index (κ3) is 1.72. The van der Waals surface area contributed by atoms with Gasteiger partial charge in [0.15, 0.2) is 0 Å². The summed E-state index contributed by atoms with van der Waals surface area (Å²) in [5.41, 5.74) is 5.74. The number of nitrogens with zero attached hydrogens (tertiary/aromatic N) is 3. The SMILES string of the molecule is CCCN1C(=O)N=C(N)C1c1nccs1. The highest BCUT2D eigenvalue weighted by Crippen LogP contribution is 2.28. The molecule has 0 radical (unpaired) electrons. The number of carbonyl (C=O) groups is 1. The molecule has 0 saturated carbocycles. The number of rotatable bonds is 3. The van der Waals surface area contributed by atoms with Crippen molar-refractivity contribution in [3.05, 3.63) is 16.6 Å². The predicted octanol–water partition coefficient (Wildman–Crippen LogP) is 1.39. The van der Waals surface area contributed by atoms with E-state index in [0.29, 0.717) is 12.4 Å². The minimum atomic E-state index is -0.255. The van der Waals surface area contributed by atoms with Gasteiger partial charge in [-0.2, -0.15) is 4.99 Å². The number of hydrogen-bond acceptors (Lipinski definition) is 4. The summed E-state index contributed by atoms with van der Waals surface area (Å²) in [6.07, 6.45) is 2.59. The van der Waals surface area contributed by atoms with E-state index < -0.39 is 0 Å². The fraction of sp³-hybridized carbons (Fsp3) is 0.444. The molecule has 5 nitrogen and oxygen atoms in total. The van der Waals surface area contributed by atoms with Gasteiger partial charge in [0, 0.05) is 18.1 Å². The van der Waals surface area contributed by atoms with Gasteiger partial charge in [-0.3, -0.25) is 0 Å². The molecular weight excluding hydrogens is 212 g/mol. The van der Waals surface area contributed by atoms with Crippen molar-refractivity contribution in [1.82, 2.24) is 9.88 Å².